The van der Waals surface area contributed by atoms with Crippen molar-refractivity contribution in [2.45, 2.75) is 33.6 Å². The van der Waals surface area contributed by atoms with Gasteiger partial charge in [0.25, 0.3) is 0 Å². The monoisotopic (exact) mass is 247 g/mol. The van der Waals surface area contributed by atoms with Crippen molar-refractivity contribution in [3.63, 3.8) is 0 Å². The molecule has 6 nitrogen and oxygen atoms in total. The summed E-state index contributed by atoms with van der Waals surface area (Å²) in [5.74, 6) is 0.614. The van der Waals surface area contributed by atoms with Crippen molar-refractivity contribution in [2.75, 3.05) is 5.32 Å². The van der Waals surface area contributed by atoms with Crippen LogP contribution in [0.15, 0.2) is 6.20 Å². The van der Waals surface area contributed by atoms with Crippen LogP contribution < -0.4 is 5.32 Å². The maximum absolute atomic E-state index is 11.9. The molecule has 2 heterocycles. The highest BCUT2D eigenvalue weighted by Gasteiger charge is 2.13. The van der Waals surface area contributed by atoms with E-state index in [0.717, 1.165) is 28.9 Å². The number of hydrogen-bond donors (Lipinski definition) is 3. The van der Waals surface area contributed by atoms with Crippen LogP contribution in [0, 0.1) is 13.8 Å². The minimum atomic E-state index is -0.0680. The lowest BCUT2D eigenvalue weighted by Gasteiger charge is -2.05. The lowest BCUT2D eigenvalue weighted by molar-refractivity contribution is -0.115. The Morgan fingerprint density at radius 1 is 1.39 bits per heavy atom. The highest BCUT2D eigenvalue weighted by molar-refractivity contribution is 5.92. The Hall–Kier alpha value is -2.11. The van der Waals surface area contributed by atoms with Crippen LogP contribution in [-0.2, 0) is 17.6 Å². The second kappa shape index (κ2) is 5.03. The minimum absolute atomic E-state index is 0.0680. The molecule has 0 fully saturated rings. The van der Waals surface area contributed by atoms with E-state index in [1.807, 2.05) is 20.8 Å². The number of H-pyrrole nitrogens is 2. The second-order valence-electron chi connectivity index (χ2n) is 4.26. The quantitative estimate of drug-likeness (QED) is 0.765. The van der Waals surface area contributed by atoms with Crippen molar-refractivity contribution in [3.8, 4) is 0 Å². The van der Waals surface area contributed by atoms with Crippen molar-refractivity contribution in [2.24, 2.45) is 0 Å². The third-order valence-electron chi connectivity index (χ3n) is 2.98. The van der Waals surface area contributed by atoms with Crippen LogP contribution in [0.25, 0.3) is 0 Å². The van der Waals surface area contributed by atoms with Gasteiger partial charge in [0.2, 0.25) is 5.91 Å². The molecular weight excluding hydrogens is 230 g/mol. The molecule has 3 N–H and O–H groups in total. The molecule has 18 heavy (non-hydrogen) atoms. The van der Waals surface area contributed by atoms with Gasteiger partial charge in [0.05, 0.1) is 18.3 Å². The van der Waals surface area contributed by atoms with E-state index < -0.39 is 0 Å². The van der Waals surface area contributed by atoms with Gasteiger partial charge in [-0.2, -0.15) is 10.2 Å². The van der Waals surface area contributed by atoms with Gasteiger partial charge in [0, 0.05) is 16.8 Å². The summed E-state index contributed by atoms with van der Waals surface area (Å²) >= 11 is 0. The number of carbonyl (C=O) groups is 1. The predicted molar refractivity (Wildman–Crippen MR) is 68.4 cm³/mol. The lowest BCUT2D eigenvalue weighted by atomic mass is 10.1. The third-order valence-corrected chi connectivity index (χ3v) is 2.98. The molecule has 6 heteroatoms. The Kier molecular flexibility index (Phi) is 3.45. The summed E-state index contributed by atoms with van der Waals surface area (Å²) in [5.41, 5.74) is 3.75. The van der Waals surface area contributed by atoms with Gasteiger partial charge in [-0.25, -0.2) is 0 Å². The fourth-order valence-corrected chi connectivity index (χ4v) is 1.87. The first-order valence-electron chi connectivity index (χ1n) is 5.94. The van der Waals surface area contributed by atoms with Gasteiger partial charge >= 0.3 is 0 Å². The maximum atomic E-state index is 11.9. The Balaban J connectivity index is 2.06. The largest absolute Gasteiger partial charge is 0.311 e. The molecule has 2 aromatic heterocycles. The summed E-state index contributed by atoms with van der Waals surface area (Å²) in [5, 5.41) is 16.5. The van der Waals surface area contributed by atoms with E-state index in [-0.39, 0.29) is 5.91 Å². The van der Waals surface area contributed by atoms with E-state index in [4.69, 9.17) is 0 Å². The normalized spacial score (nSPS) is 10.6. The summed E-state index contributed by atoms with van der Waals surface area (Å²) in [6.07, 6.45) is 2.87. The van der Waals surface area contributed by atoms with Gasteiger partial charge in [-0.15, -0.1) is 0 Å². The Labute approximate surface area is 105 Å². The van der Waals surface area contributed by atoms with Crippen molar-refractivity contribution >= 4 is 11.7 Å². The molecule has 96 valence electrons. The van der Waals surface area contributed by atoms with Crippen LogP contribution in [0.3, 0.4) is 0 Å². The second-order valence-corrected chi connectivity index (χ2v) is 4.26. The number of amides is 1. The molecule has 2 rings (SSSR count). The number of aromatic nitrogens is 4. The highest BCUT2D eigenvalue weighted by atomic mass is 16.1. The number of aryl methyl sites for hydroxylation is 3. The van der Waals surface area contributed by atoms with Gasteiger partial charge in [-0.3, -0.25) is 15.0 Å². The number of hydrogen-bond acceptors (Lipinski definition) is 3. The molecule has 2 aromatic rings. The maximum Gasteiger partial charge on any atom is 0.230 e. The first-order valence-corrected chi connectivity index (χ1v) is 5.94. The average Bonchev–Trinajstić information content (AvgIpc) is 2.90. The van der Waals surface area contributed by atoms with E-state index >= 15 is 0 Å². The zero-order chi connectivity index (χ0) is 13.1. The van der Waals surface area contributed by atoms with Crippen molar-refractivity contribution < 1.29 is 4.79 Å². The molecule has 0 bridgehead atoms. The zero-order valence-corrected chi connectivity index (χ0v) is 10.8. The molecule has 0 aliphatic carbocycles. The SMILES string of the molecule is CCc1cn[nH]c1NC(=O)Cc1c(C)n[nH]c1C. The molecule has 0 aliphatic rings. The van der Waals surface area contributed by atoms with E-state index in [9.17, 15) is 4.79 Å². The number of rotatable bonds is 4. The summed E-state index contributed by atoms with van der Waals surface area (Å²) in [6, 6.07) is 0. The molecule has 0 saturated heterocycles. The van der Waals surface area contributed by atoms with Crippen LogP contribution in [0.5, 0.6) is 0 Å². The molecule has 0 atom stereocenters. The first-order chi connectivity index (χ1) is 8.61. The van der Waals surface area contributed by atoms with Crippen LogP contribution >= 0.6 is 0 Å². The Morgan fingerprint density at radius 2 is 2.17 bits per heavy atom. The molecule has 0 aliphatic heterocycles. The number of nitrogens with zero attached hydrogens (tertiary/aromatic N) is 2. The van der Waals surface area contributed by atoms with Crippen LogP contribution in [-0.4, -0.2) is 26.3 Å². The van der Waals surface area contributed by atoms with E-state index in [2.05, 4.69) is 25.7 Å². The smallest absolute Gasteiger partial charge is 0.230 e. The summed E-state index contributed by atoms with van der Waals surface area (Å²) in [6.45, 7) is 5.82. The van der Waals surface area contributed by atoms with Crippen molar-refractivity contribution in [1.82, 2.24) is 20.4 Å². The van der Waals surface area contributed by atoms with Gasteiger partial charge in [0.1, 0.15) is 5.82 Å². The van der Waals surface area contributed by atoms with Crippen molar-refractivity contribution in [1.29, 1.82) is 0 Å². The van der Waals surface area contributed by atoms with Crippen molar-refractivity contribution in [3.05, 3.63) is 28.7 Å². The van der Waals surface area contributed by atoms with Crippen LogP contribution in [0.4, 0.5) is 5.82 Å². The van der Waals surface area contributed by atoms with E-state index in [1.165, 1.54) is 0 Å². The van der Waals surface area contributed by atoms with Crippen LogP contribution in [0.1, 0.15) is 29.4 Å². The highest BCUT2D eigenvalue weighted by Crippen LogP contribution is 2.14. The zero-order valence-electron chi connectivity index (χ0n) is 10.8. The average molecular weight is 247 g/mol. The number of carbonyl (C=O) groups excluding carboxylic acids is 1. The summed E-state index contributed by atoms with van der Waals surface area (Å²) in [4.78, 5) is 11.9. The third kappa shape index (κ3) is 2.42. The van der Waals surface area contributed by atoms with E-state index in [0.29, 0.717) is 12.2 Å². The van der Waals surface area contributed by atoms with Crippen LogP contribution in [0.2, 0.25) is 0 Å². The molecule has 0 unspecified atom stereocenters. The lowest BCUT2D eigenvalue weighted by Crippen LogP contribution is -2.16. The molecule has 0 saturated carbocycles. The van der Waals surface area contributed by atoms with Gasteiger partial charge in [-0.1, -0.05) is 6.92 Å². The van der Waals surface area contributed by atoms with E-state index in [1.54, 1.807) is 6.20 Å². The Morgan fingerprint density at radius 3 is 2.78 bits per heavy atom. The molecule has 0 spiro atoms. The fourth-order valence-electron chi connectivity index (χ4n) is 1.87. The standard InChI is InChI=1S/C12H17N5O/c1-4-9-6-13-17-12(9)14-11(18)5-10-7(2)15-16-8(10)3/h6H,4-5H2,1-3H3,(H,15,16)(H2,13,14,17,18). The molecule has 0 aromatic carbocycles. The fraction of sp³-hybridized carbons (Fsp3) is 0.417. The summed E-state index contributed by atoms with van der Waals surface area (Å²) in [7, 11) is 0. The van der Waals surface area contributed by atoms with Gasteiger partial charge in [0.15, 0.2) is 0 Å². The number of aromatic amines is 2. The van der Waals surface area contributed by atoms with Gasteiger partial charge < -0.3 is 5.32 Å². The summed E-state index contributed by atoms with van der Waals surface area (Å²) < 4.78 is 0. The van der Waals surface area contributed by atoms with Gasteiger partial charge in [-0.05, 0) is 20.3 Å². The molecule has 0 radical (unpaired) electrons. The first kappa shape index (κ1) is 12.3. The Bertz CT molecular complexity index is 535. The topological polar surface area (TPSA) is 86.5 Å². The molecule has 1 amide bonds. The number of nitrogens with one attached hydrogen (secondary N) is 3. The number of anilines is 1. The molecular formula is C12H17N5O. The minimum Gasteiger partial charge on any atom is -0.311 e. The predicted octanol–water partition coefficient (Wildman–Crippen LogP) is 1.49.